The summed E-state index contributed by atoms with van der Waals surface area (Å²) in [6.45, 7) is 0.625. The molecule has 1 fully saturated rings. The molecule has 102 valence electrons. The Balaban J connectivity index is 2.01. The molecule has 0 spiro atoms. The largest absolute Gasteiger partial charge is 0.344 e. The van der Waals surface area contributed by atoms with Gasteiger partial charge < -0.3 is 10.2 Å². The van der Waals surface area contributed by atoms with Crippen LogP contribution in [0.15, 0.2) is 35.3 Å². The van der Waals surface area contributed by atoms with Gasteiger partial charge in [-0.25, -0.2) is 10.8 Å². The fourth-order valence-electron chi connectivity index (χ4n) is 2.04. The van der Waals surface area contributed by atoms with Crippen molar-refractivity contribution >= 4 is 17.6 Å². The minimum Gasteiger partial charge on any atom is -0.344 e. The number of nitrogens with zero attached hydrogens (tertiary/aromatic N) is 2. The summed E-state index contributed by atoms with van der Waals surface area (Å²) in [5, 5.41) is 3.11. The number of likely N-dealkylation sites (N-methyl/N-ethyl adjacent to an activating group) is 1. The van der Waals surface area contributed by atoms with Crippen LogP contribution in [0.3, 0.4) is 0 Å². The Morgan fingerprint density at radius 3 is 2.79 bits per heavy atom. The van der Waals surface area contributed by atoms with Crippen LogP contribution < -0.4 is 16.6 Å². The molecule has 1 atom stereocenters. The predicted octanol–water partition coefficient (Wildman–Crippen LogP) is 0.539. The minimum absolute atomic E-state index is 0.0740. The van der Waals surface area contributed by atoms with E-state index in [-0.39, 0.29) is 11.9 Å². The molecule has 6 heteroatoms. The Morgan fingerprint density at radius 1 is 1.42 bits per heavy atom. The first-order chi connectivity index (χ1) is 9.19. The van der Waals surface area contributed by atoms with Gasteiger partial charge in [-0.2, -0.15) is 0 Å². The number of aliphatic imine (C=N–C) groups is 1. The molecule has 4 N–H and O–H groups in total. The van der Waals surface area contributed by atoms with Crippen molar-refractivity contribution in [1.82, 2.24) is 10.3 Å². The molecule has 1 amide bonds. The maximum atomic E-state index is 11.4. The van der Waals surface area contributed by atoms with Crippen LogP contribution in [0.25, 0.3) is 0 Å². The molecule has 1 aliphatic rings. The van der Waals surface area contributed by atoms with E-state index in [4.69, 9.17) is 5.84 Å². The van der Waals surface area contributed by atoms with Gasteiger partial charge in [0.1, 0.15) is 0 Å². The number of nitrogens with one attached hydrogen (secondary N) is 2. The van der Waals surface area contributed by atoms with Gasteiger partial charge in [-0.3, -0.25) is 10.2 Å². The lowest BCUT2D eigenvalue weighted by Gasteiger charge is -2.27. The number of anilines is 1. The summed E-state index contributed by atoms with van der Waals surface area (Å²) >= 11 is 0. The minimum atomic E-state index is 0.0740. The van der Waals surface area contributed by atoms with Crippen LogP contribution in [0.2, 0.25) is 0 Å². The third kappa shape index (κ3) is 3.69. The van der Waals surface area contributed by atoms with Crippen LogP contribution in [0, 0.1) is 0 Å². The highest BCUT2D eigenvalue weighted by atomic mass is 16.2. The topological polar surface area (TPSA) is 82.8 Å². The quantitative estimate of drug-likeness (QED) is 0.314. The second kappa shape index (κ2) is 6.19. The number of nitrogens with two attached hydrogens (primary N) is 1. The number of para-hydroxylation sites is 1. The maximum absolute atomic E-state index is 11.4. The molecule has 2 rings (SSSR count). The molecule has 19 heavy (non-hydrogen) atoms. The molecule has 1 aromatic rings. The van der Waals surface area contributed by atoms with Crippen LogP contribution in [0.4, 0.5) is 5.69 Å². The van der Waals surface area contributed by atoms with Gasteiger partial charge in [0, 0.05) is 25.7 Å². The second-order valence-corrected chi connectivity index (χ2v) is 4.58. The number of carbonyl (C=O) groups is 1. The Kier molecular flexibility index (Phi) is 4.35. The van der Waals surface area contributed by atoms with Gasteiger partial charge in [0.05, 0.1) is 6.04 Å². The molecule has 0 aromatic heterocycles. The van der Waals surface area contributed by atoms with Crippen molar-refractivity contribution < 1.29 is 4.79 Å². The number of amides is 1. The molecule has 1 unspecified atom stereocenters. The van der Waals surface area contributed by atoms with Crippen molar-refractivity contribution in [2.24, 2.45) is 10.8 Å². The molecule has 1 aromatic carbocycles. The summed E-state index contributed by atoms with van der Waals surface area (Å²) < 4.78 is 0. The number of hydrogen-bond donors (Lipinski definition) is 3. The van der Waals surface area contributed by atoms with E-state index in [9.17, 15) is 4.79 Å². The molecule has 1 saturated heterocycles. The van der Waals surface area contributed by atoms with E-state index in [1.165, 1.54) is 0 Å². The first-order valence-electron chi connectivity index (χ1n) is 6.29. The average molecular weight is 261 g/mol. The van der Waals surface area contributed by atoms with Gasteiger partial charge in [-0.1, -0.05) is 18.2 Å². The standard InChI is InChI=1S/C13H19N5O/c1-18-9-11(7-8-12(18)19)16-13(17-14)15-10-5-3-2-4-6-10/h2-6,11H,7-9,14H2,1H3,(H2,15,16,17). The highest BCUT2D eigenvalue weighted by molar-refractivity contribution is 5.93. The number of carbonyl (C=O) groups excluding carboxylic acids is 1. The van der Waals surface area contributed by atoms with Crippen molar-refractivity contribution in [3.05, 3.63) is 30.3 Å². The van der Waals surface area contributed by atoms with Crippen LogP contribution >= 0.6 is 0 Å². The zero-order valence-electron chi connectivity index (χ0n) is 11.0. The van der Waals surface area contributed by atoms with Crippen molar-refractivity contribution in [2.75, 3.05) is 18.9 Å². The Morgan fingerprint density at radius 2 is 2.16 bits per heavy atom. The lowest BCUT2D eigenvalue weighted by atomic mass is 10.1. The normalized spacial score (nSPS) is 20.3. The van der Waals surface area contributed by atoms with Gasteiger partial charge in [0.25, 0.3) is 0 Å². The Labute approximate surface area is 112 Å². The summed E-state index contributed by atoms with van der Waals surface area (Å²) in [5.41, 5.74) is 3.48. The molecule has 0 radical (unpaired) electrons. The number of rotatable bonds is 2. The summed E-state index contributed by atoms with van der Waals surface area (Å²) in [6.07, 6.45) is 1.29. The van der Waals surface area contributed by atoms with E-state index in [2.05, 4.69) is 15.7 Å². The monoisotopic (exact) mass is 261 g/mol. The van der Waals surface area contributed by atoms with Gasteiger partial charge in [0.2, 0.25) is 11.9 Å². The first kappa shape index (κ1) is 13.4. The summed E-state index contributed by atoms with van der Waals surface area (Å²) in [5.74, 6) is 6.16. The molecule has 1 heterocycles. The van der Waals surface area contributed by atoms with E-state index in [0.29, 0.717) is 18.9 Å². The lowest BCUT2D eigenvalue weighted by Crippen LogP contribution is -2.42. The highest BCUT2D eigenvalue weighted by Gasteiger charge is 2.22. The summed E-state index contributed by atoms with van der Waals surface area (Å²) in [7, 11) is 1.80. The number of hydrogen-bond acceptors (Lipinski definition) is 3. The van der Waals surface area contributed by atoms with Crippen LogP contribution in [-0.4, -0.2) is 36.4 Å². The first-order valence-corrected chi connectivity index (χ1v) is 6.29. The molecular weight excluding hydrogens is 242 g/mol. The van der Waals surface area contributed by atoms with Crippen molar-refractivity contribution in [2.45, 2.75) is 18.9 Å². The van der Waals surface area contributed by atoms with Gasteiger partial charge >= 0.3 is 0 Å². The Hall–Kier alpha value is -2.08. The van der Waals surface area contributed by atoms with E-state index >= 15 is 0 Å². The number of benzene rings is 1. The van der Waals surface area contributed by atoms with E-state index in [0.717, 1.165) is 12.1 Å². The average Bonchev–Trinajstić information content (AvgIpc) is 2.43. The van der Waals surface area contributed by atoms with Gasteiger partial charge in [0.15, 0.2) is 0 Å². The third-order valence-corrected chi connectivity index (χ3v) is 3.09. The SMILES string of the molecule is CN1CC(N=C(NN)Nc2ccccc2)CCC1=O. The maximum Gasteiger partial charge on any atom is 0.222 e. The van der Waals surface area contributed by atoms with Crippen LogP contribution in [-0.2, 0) is 4.79 Å². The van der Waals surface area contributed by atoms with Crippen molar-refractivity contribution in [3.63, 3.8) is 0 Å². The molecule has 6 nitrogen and oxygen atoms in total. The van der Waals surface area contributed by atoms with Gasteiger partial charge in [-0.05, 0) is 18.6 Å². The number of likely N-dealkylation sites (tertiary alicyclic amines) is 1. The van der Waals surface area contributed by atoms with Gasteiger partial charge in [-0.15, -0.1) is 0 Å². The van der Waals surface area contributed by atoms with E-state index < -0.39 is 0 Å². The number of hydrazine groups is 1. The van der Waals surface area contributed by atoms with Crippen LogP contribution in [0.5, 0.6) is 0 Å². The summed E-state index contributed by atoms with van der Waals surface area (Å²) in [4.78, 5) is 17.6. The molecule has 0 saturated carbocycles. The zero-order chi connectivity index (χ0) is 13.7. The molecule has 0 bridgehead atoms. The van der Waals surface area contributed by atoms with Crippen LogP contribution in [0.1, 0.15) is 12.8 Å². The number of guanidine groups is 1. The lowest BCUT2D eigenvalue weighted by molar-refractivity contribution is -0.132. The smallest absolute Gasteiger partial charge is 0.222 e. The highest BCUT2D eigenvalue weighted by Crippen LogP contribution is 2.13. The molecule has 1 aliphatic heterocycles. The van der Waals surface area contributed by atoms with E-state index in [1.807, 2.05) is 30.3 Å². The zero-order valence-corrected chi connectivity index (χ0v) is 11.0. The fourth-order valence-corrected chi connectivity index (χ4v) is 2.04. The number of piperidine rings is 1. The molecule has 0 aliphatic carbocycles. The Bertz CT molecular complexity index is 459. The van der Waals surface area contributed by atoms with Crippen molar-refractivity contribution in [1.29, 1.82) is 0 Å². The van der Waals surface area contributed by atoms with Crippen molar-refractivity contribution in [3.8, 4) is 0 Å². The third-order valence-electron chi connectivity index (χ3n) is 3.09. The summed E-state index contributed by atoms with van der Waals surface area (Å²) in [6, 6.07) is 9.75. The second-order valence-electron chi connectivity index (χ2n) is 4.58. The molecular formula is C13H19N5O. The van der Waals surface area contributed by atoms with E-state index in [1.54, 1.807) is 11.9 Å². The fraction of sp³-hybridized carbons (Fsp3) is 0.385. The predicted molar refractivity (Wildman–Crippen MR) is 75.5 cm³/mol.